The van der Waals surface area contributed by atoms with Crippen LogP contribution in [0.3, 0.4) is 0 Å². The highest BCUT2D eigenvalue weighted by Gasteiger charge is 2.25. The monoisotopic (exact) mass is 262 g/mol. The van der Waals surface area contributed by atoms with Crippen molar-refractivity contribution in [1.82, 2.24) is 4.90 Å². The van der Waals surface area contributed by atoms with Gasteiger partial charge in [0.25, 0.3) is 0 Å². The molecule has 4 nitrogen and oxygen atoms in total. The Morgan fingerprint density at radius 1 is 1.35 bits per heavy atom. The van der Waals surface area contributed by atoms with E-state index in [2.05, 4.69) is 11.8 Å². The van der Waals surface area contributed by atoms with Gasteiger partial charge in [0.05, 0.1) is 5.75 Å². The van der Waals surface area contributed by atoms with E-state index in [1.165, 1.54) is 0 Å². The van der Waals surface area contributed by atoms with Crippen LogP contribution in [0.5, 0.6) is 0 Å². The van der Waals surface area contributed by atoms with Crippen molar-refractivity contribution in [3.8, 4) is 0 Å². The van der Waals surface area contributed by atoms with Gasteiger partial charge in [-0.2, -0.15) is 0 Å². The van der Waals surface area contributed by atoms with Crippen LogP contribution in [0.25, 0.3) is 0 Å². The van der Waals surface area contributed by atoms with E-state index in [1.807, 2.05) is 6.92 Å². The van der Waals surface area contributed by atoms with Gasteiger partial charge in [0.1, 0.15) is 0 Å². The Morgan fingerprint density at radius 2 is 2.06 bits per heavy atom. The number of nitrogens with zero attached hydrogens (tertiary/aromatic N) is 1. The third-order valence-corrected chi connectivity index (χ3v) is 5.54. The minimum Gasteiger partial charge on any atom is -0.330 e. The van der Waals surface area contributed by atoms with Gasteiger partial charge in [-0.15, -0.1) is 0 Å². The maximum atomic E-state index is 11.6. The predicted octanol–water partition coefficient (Wildman–Crippen LogP) is 0.728. The highest BCUT2D eigenvalue weighted by molar-refractivity contribution is 7.91. The summed E-state index contributed by atoms with van der Waals surface area (Å²) in [5.74, 6) is 1.82. The van der Waals surface area contributed by atoms with Crippen molar-refractivity contribution >= 4 is 9.84 Å². The Hall–Kier alpha value is -0.130. The molecule has 1 rings (SSSR count). The molecule has 0 bridgehead atoms. The standard InChI is InChI=1S/C12H26N2O2S/c1-3-7-17(15,16)8-6-14-5-4-12(9-13)11(2)10-14/h11-12H,3-10,13H2,1-2H3. The first-order valence-corrected chi connectivity index (χ1v) is 8.43. The zero-order valence-electron chi connectivity index (χ0n) is 11.1. The van der Waals surface area contributed by atoms with Crippen molar-refractivity contribution in [3.63, 3.8) is 0 Å². The number of sulfone groups is 1. The molecule has 0 radical (unpaired) electrons. The average molecular weight is 262 g/mol. The average Bonchev–Trinajstić information content (AvgIpc) is 2.27. The molecular weight excluding hydrogens is 236 g/mol. The lowest BCUT2D eigenvalue weighted by atomic mass is 9.87. The number of hydrogen-bond acceptors (Lipinski definition) is 4. The zero-order chi connectivity index (χ0) is 12.9. The van der Waals surface area contributed by atoms with Gasteiger partial charge in [0, 0.05) is 18.8 Å². The molecule has 0 amide bonds. The predicted molar refractivity (Wildman–Crippen MR) is 71.7 cm³/mol. The van der Waals surface area contributed by atoms with Crippen molar-refractivity contribution in [3.05, 3.63) is 0 Å². The second-order valence-electron chi connectivity index (χ2n) is 5.21. The third-order valence-electron chi connectivity index (χ3n) is 3.70. The van der Waals surface area contributed by atoms with Gasteiger partial charge in [0.15, 0.2) is 9.84 Å². The lowest BCUT2D eigenvalue weighted by Crippen LogP contribution is -2.43. The molecule has 0 aromatic heterocycles. The number of rotatable bonds is 6. The zero-order valence-corrected chi connectivity index (χ0v) is 11.9. The summed E-state index contributed by atoms with van der Waals surface area (Å²) in [6.45, 7) is 7.54. The molecule has 0 aliphatic carbocycles. The van der Waals surface area contributed by atoms with E-state index in [9.17, 15) is 8.42 Å². The Labute approximate surface area is 105 Å². The fraction of sp³-hybridized carbons (Fsp3) is 1.00. The molecule has 1 fully saturated rings. The SMILES string of the molecule is CCCS(=O)(=O)CCN1CCC(CN)C(C)C1. The highest BCUT2D eigenvalue weighted by Crippen LogP contribution is 2.21. The maximum absolute atomic E-state index is 11.6. The molecule has 0 aromatic rings. The van der Waals surface area contributed by atoms with E-state index in [-0.39, 0.29) is 0 Å². The lowest BCUT2D eigenvalue weighted by molar-refractivity contribution is 0.139. The number of nitrogens with two attached hydrogens (primary N) is 1. The molecule has 102 valence electrons. The molecule has 1 saturated heterocycles. The van der Waals surface area contributed by atoms with Gasteiger partial charge in [-0.25, -0.2) is 8.42 Å². The van der Waals surface area contributed by atoms with E-state index in [4.69, 9.17) is 5.73 Å². The van der Waals surface area contributed by atoms with Crippen LogP contribution in [-0.2, 0) is 9.84 Å². The first kappa shape index (κ1) is 14.9. The Balaban J connectivity index is 2.35. The van der Waals surface area contributed by atoms with Crippen LogP contribution < -0.4 is 5.73 Å². The van der Waals surface area contributed by atoms with Gasteiger partial charge in [0.2, 0.25) is 0 Å². The largest absolute Gasteiger partial charge is 0.330 e. The molecule has 1 aliphatic rings. The quantitative estimate of drug-likeness (QED) is 0.766. The molecule has 1 aliphatic heterocycles. The molecule has 0 saturated carbocycles. The van der Waals surface area contributed by atoms with Crippen LogP contribution >= 0.6 is 0 Å². The maximum Gasteiger partial charge on any atom is 0.151 e. The first-order chi connectivity index (χ1) is 7.98. The first-order valence-electron chi connectivity index (χ1n) is 6.61. The minimum atomic E-state index is -2.83. The van der Waals surface area contributed by atoms with Crippen molar-refractivity contribution in [2.75, 3.05) is 37.7 Å². The lowest BCUT2D eigenvalue weighted by Gasteiger charge is -2.36. The minimum absolute atomic E-state index is 0.306. The Kier molecular flexibility index (Phi) is 5.89. The second kappa shape index (κ2) is 6.71. The molecular formula is C12H26N2O2S. The molecule has 5 heteroatoms. The molecule has 1 heterocycles. The molecule has 2 atom stereocenters. The van der Waals surface area contributed by atoms with Gasteiger partial charge < -0.3 is 10.6 Å². The topological polar surface area (TPSA) is 63.4 Å². The number of hydrogen-bond donors (Lipinski definition) is 1. The van der Waals surface area contributed by atoms with E-state index in [0.29, 0.717) is 36.3 Å². The normalized spacial score (nSPS) is 27.2. The van der Waals surface area contributed by atoms with Crippen molar-refractivity contribution in [2.45, 2.75) is 26.7 Å². The molecule has 17 heavy (non-hydrogen) atoms. The number of piperidine rings is 1. The van der Waals surface area contributed by atoms with Crippen LogP contribution in [-0.4, -0.2) is 51.0 Å². The molecule has 0 spiro atoms. The van der Waals surface area contributed by atoms with E-state index in [1.54, 1.807) is 0 Å². The Morgan fingerprint density at radius 3 is 2.59 bits per heavy atom. The summed E-state index contributed by atoms with van der Waals surface area (Å²) in [7, 11) is -2.83. The van der Waals surface area contributed by atoms with Crippen molar-refractivity contribution in [1.29, 1.82) is 0 Å². The summed E-state index contributed by atoms with van der Waals surface area (Å²) in [6, 6.07) is 0. The van der Waals surface area contributed by atoms with Crippen LogP contribution in [0.15, 0.2) is 0 Å². The van der Waals surface area contributed by atoms with Crippen LogP contribution in [0.2, 0.25) is 0 Å². The van der Waals surface area contributed by atoms with Crippen LogP contribution in [0, 0.1) is 11.8 Å². The summed E-state index contributed by atoms with van der Waals surface area (Å²) in [5.41, 5.74) is 5.71. The third kappa shape index (κ3) is 4.94. The smallest absolute Gasteiger partial charge is 0.151 e. The molecule has 2 unspecified atom stereocenters. The van der Waals surface area contributed by atoms with Crippen molar-refractivity contribution in [2.24, 2.45) is 17.6 Å². The van der Waals surface area contributed by atoms with Crippen LogP contribution in [0.1, 0.15) is 26.7 Å². The van der Waals surface area contributed by atoms with Gasteiger partial charge in [-0.1, -0.05) is 13.8 Å². The Bertz CT molecular complexity index is 316. The van der Waals surface area contributed by atoms with E-state index in [0.717, 1.165) is 26.1 Å². The highest BCUT2D eigenvalue weighted by atomic mass is 32.2. The van der Waals surface area contributed by atoms with Crippen molar-refractivity contribution < 1.29 is 8.42 Å². The number of likely N-dealkylation sites (tertiary alicyclic amines) is 1. The summed E-state index contributed by atoms with van der Waals surface area (Å²) in [4.78, 5) is 2.27. The van der Waals surface area contributed by atoms with E-state index >= 15 is 0 Å². The van der Waals surface area contributed by atoms with Gasteiger partial charge in [-0.3, -0.25) is 0 Å². The molecule has 0 aromatic carbocycles. The van der Waals surface area contributed by atoms with E-state index < -0.39 is 9.84 Å². The summed E-state index contributed by atoms with van der Waals surface area (Å²) in [5, 5.41) is 0. The van der Waals surface area contributed by atoms with Gasteiger partial charge in [-0.05, 0) is 37.8 Å². The summed E-state index contributed by atoms with van der Waals surface area (Å²) in [6.07, 6.45) is 1.82. The summed E-state index contributed by atoms with van der Waals surface area (Å²) < 4.78 is 23.3. The van der Waals surface area contributed by atoms with Crippen LogP contribution in [0.4, 0.5) is 0 Å². The fourth-order valence-electron chi connectivity index (χ4n) is 2.52. The molecule has 2 N–H and O–H groups in total. The fourth-order valence-corrected chi connectivity index (χ4v) is 3.88. The van der Waals surface area contributed by atoms with Gasteiger partial charge >= 0.3 is 0 Å². The summed E-state index contributed by atoms with van der Waals surface area (Å²) >= 11 is 0. The second-order valence-corrected chi connectivity index (χ2v) is 7.52.